The second-order valence-corrected chi connectivity index (χ2v) is 9.36. The predicted molar refractivity (Wildman–Crippen MR) is 138 cm³/mol. The predicted octanol–water partition coefficient (Wildman–Crippen LogP) is 4.65. The third kappa shape index (κ3) is 4.34. The van der Waals surface area contributed by atoms with E-state index in [9.17, 15) is 4.79 Å². The van der Waals surface area contributed by atoms with Crippen LogP contribution in [0.4, 0.5) is 0 Å². The maximum atomic E-state index is 12.7. The second-order valence-electron chi connectivity index (χ2n) is 9.36. The second kappa shape index (κ2) is 9.41. The third-order valence-corrected chi connectivity index (χ3v) is 7.02. The Kier molecular flexibility index (Phi) is 6.16. The number of carbonyl (C=O) groups excluding carboxylic acids is 1. The molecule has 35 heavy (non-hydrogen) atoms. The summed E-state index contributed by atoms with van der Waals surface area (Å²) < 4.78 is 8.49. The zero-order valence-electron chi connectivity index (χ0n) is 20.3. The van der Waals surface area contributed by atoms with Crippen LogP contribution in [0.2, 0.25) is 0 Å². The number of rotatable bonds is 7. The molecular formula is C28H31N5O2. The molecule has 1 aliphatic carbocycles. The van der Waals surface area contributed by atoms with Crippen molar-refractivity contribution in [2.24, 2.45) is 5.10 Å². The molecule has 1 aromatic carbocycles. The Hall–Kier alpha value is -3.87. The number of aromatic nitrogens is 2. The molecule has 7 heteroatoms. The first-order valence-electron chi connectivity index (χ1n) is 12.1. The summed E-state index contributed by atoms with van der Waals surface area (Å²) in [6, 6.07) is 14.1. The summed E-state index contributed by atoms with van der Waals surface area (Å²) in [5.74, 6) is 0.278. The van der Waals surface area contributed by atoms with Gasteiger partial charge in [0.2, 0.25) is 0 Å². The minimum absolute atomic E-state index is 0.183. The van der Waals surface area contributed by atoms with Gasteiger partial charge in [-0.15, -0.1) is 0 Å². The molecule has 3 heterocycles. The molecule has 0 saturated heterocycles. The molecule has 5 rings (SSSR count). The van der Waals surface area contributed by atoms with Crippen molar-refractivity contribution in [1.29, 1.82) is 0 Å². The van der Waals surface area contributed by atoms with Crippen molar-refractivity contribution in [1.82, 2.24) is 19.9 Å². The van der Waals surface area contributed by atoms with E-state index in [1.54, 1.807) is 7.05 Å². The number of nitrogens with zero attached hydrogens (tertiary/aromatic N) is 4. The van der Waals surface area contributed by atoms with E-state index in [1.165, 1.54) is 10.9 Å². The van der Waals surface area contributed by atoms with Crippen LogP contribution in [0.15, 0.2) is 84.1 Å². The van der Waals surface area contributed by atoms with Gasteiger partial charge in [-0.1, -0.05) is 49.8 Å². The van der Waals surface area contributed by atoms with E-state index < -0.39 is 0 Å². The molecule has 1 N–H and O–H groups in total. The Balaban J connectivity index is 1.49. The van der Waals surface area contributed by atoms with Gasteiger partial charge in [0, 0.05) is 30.4 Å². The Morgan fingerprint density at radius 2 is 1.94 bits per heavy atom. The lowest BCUT2D eigenvalue weighted by Crippen LogP contribution is -2.42. The summed E-state index contributed by atoms with van der Waals surface area (Å²) >= 11 is 0. The monoisotopic (exact) mass is 469 g/mol. The molecule has 2 aliphatic rings. The fourth-order valence-electron chi connectivity index (χ4n) is 5.18. The molecule has 1 amide bonds. The minimum atomic E-state index is -0.279. The fourth-order valence-corrected chi connectivity index (χ4v) is 5.18. The minimum Gasteiger partial charge on any atom is -0.487 e. The number of pyridine rings is 1. The van der Waals surface area contributed by atoms with E-state index in [0.29, 0.717) is 24.5 Å². The van der Waals surface area contributed by atoms with E-state index >= 15 is 0 Å². The van der Waals surface area contributed by atoms with Crippen molar-refractivity contribution in [3.8, 4) is 0 Å². The third-order valence-electron chi connectivity index (χ3n) is 7.02. The zero-order valence-corrected chi connectivity index (χ0v) is 20.3. The number of hydrogen-bond acceptors (Lipinski definition) is 5. The number of carbonyl (C=O) groups is 1. The standard InChI is InChI=1S/C28H31N5O2/c1-20-16-33(26-23(20)12-9-15-30-26)28(13-7-8-14-28)19-32-17-24(21(2)25(31-32)27(34)29-3)35-18-22-10-5-4-6-11-22/h4-6,9-12,15-17H,2,7-8,13-14,18-19H2,1,3H3,(H,29,34). The van der Waals surface area contributed by atoms with Gasteiger partial charge in [-0.25, -0.2) is 4.98 Å². The van der Waals surface area contributed by atoms with E-state index in [4.69, 9.17) is 14.8 Å². The van der Waals surface area contributed by atoms with Crippen molar-refractivity contribution < 1.29 is 9.53 Å². The van der Waals surface area contributed by atoms with E-state index in [0.717, 1.165) is 36.9 Å². The Morgan fingerprint density at radius 3 is 2.69 bits per heavy atom. The highest BCUT2D eigenvalue weighted by Gasteiger charge is 2.39. The number of benzene rings is 1. The smallest absolute Gasteiger partial charge is 0.272 e. The normalized spacial score (nSPS) is 17.3. The Bertz CT molecular complexity index is 1320. The molecule has 0 spiro atoms. The highest BCUT2D eigenvalue weighted by Crippen LogP contribution is 2.41. The van der Waals surface area contributed by atoms with Crippen molar-refractivity contribution >= 4 is 22.7 Å². The first kappa shape index (κ1) is 22.9. The summed E-state index contributed by atoms with van der Waals surface area (Å²) in [6.07, 6.45) is 10.3. The molecule has 1 saturated carbocycles. The lowest BCUT2D eigenvalue weighted by molar-refractivity contribution is -0.114. The molecule has 3 aromatic rings. The van der Waals surface area contributed by atoms with Gasteiger partial charge < -0.3 is 14.6 Å². The van der Waals surface area contributed by atoms with Crippen LogP contribution in [0.3, 0.4) is 0 Å². The molecular weight excluding hydrogens is 438 g/mol. The Morgan fingerprint density at radius 1 is 1.17 bits per heavy atom. The lowest BCUT2D eigenvalue weighted by atomic mass is 9.96. The molecule has 2 aromatic heterocycles. The summed E-state index contributed by atoms with van der Waals surface area (Å²) in [4.78, 5) is 17.4. The maximum absolute atomic E-state index is 12.7. The van der Waals surface area contributed by atoms with Gasteiger partial charge in [0.1, 0.15) is 18.0 Å². The lowest BCUT2D eigenvalue weighted by Gasteiger charge is -2.36. The molecule has 0 bridgehead atoms. The number of nitrogens with one attached hydrogen (secondary N) is 1. The van der Waals surface area contributed by atoms with Crippen molar-refractivity contribution in [2.45, 2.75) is 44.8 Å². The van der Waals surface area contributed by atoms with E-state index in [-0.39, 0.29) is 17.2 Å². The molecule has 0 radical (unpaired) electrons. The Labute approximate surface area is 205 Å². The van der Waals surface area contributed by atoms with Crippen LogP contribution >= 0.6 is 0 Å². The van der Waals surface area contributed by atoms with Gasteiger partial charge in [-0.05, 0) is 43.0 Å². The van der Waals surface area contributed by atoms with Crippen LogP contribution in [0.25, 0.3) is 11.0 Å². The number of ether oxygens (including phenoxy) is 1. The van der Waals surface area contributed by atoms with Crippen LogP contribution in [-0.2, 0) is 21.7 Å². The zero-order chi connectivity index (χ0) is 24.4. The summed E-state index contributed by atoms with van der Waals surface area (Å²) in [5.41, 5.74) is 3.83. The molecule has 0 unspecified atom stereocenters. The first-order chi connectivity index (χ1) is 17.0. The topological polar surface area (TPSA) is 71.8 Å². The molecule has 180 valence electrons. The largest absolute Gasteiger partial charge is 0.487 e. The number of amides is 1. The summed E-state index contributed by atoms with van der Waals surface area (Å²) in [7, 11) is 1.60. The number of aryl methyl sites for hydroxylation is 1. The van der Waals surface area contributed by atoms with Gasteiger partial charge in [-0.3, -0.25) is 9.80 Å². The molecule has 1 aliphatic heterocycles. The summed E-state index contributed by atoms with van der Waals surface area (Å²) in [5, 5.41) is 10.4. The van der Waals surface area contributed by atoms with Crippen LogP contribution < -0.4 is 5.32 Å². The van der Waals surface area contributed by atoms with Gasteiger partial charge in [0.15, 0.2) is 5.71 Å². The van der Waals surface area contributed by atoms with Gasteiger partial charge >= 0.3 is 0 Å². The van der Waals surface area contributed by atoms with Gasteiger partial charge in [0.05, 0.1) is 18.3 Å². The average molecular weight is 470 g/mol. The molecule has 1 fully saturated rings. The molecule has 0 atom stereocenters. The number of hydrazone groups is 1. The van der Waals surface area contributed by atoms with Crippen molar-refractivity contribution in [3.05, 3.63) is 90.1 Å². The van der Waals surface area contributed by atoms with Crippen LogP contribution in [0.5, 0.6) is 0 Å². The highest BCUT2D eigenvalue weighted by atomic mass is 16.5. The molecule has 7 nitrogen and oxygen atoms in total. The maximum Gasteiger partial charge on any atom is 0.272 e. The highest BCUT2D eigenvalue weighted by molar-refractivity contribution is 6.46. The SMILES string of the molecule is C=C1C(OCc2ccccc2)=CN(CC2(n3cc(C)c4cccnc43)CCCC2)N=C1C(=O)NC. The fraction of sp³-hybridized carbons (Fsp3) is 0.321. The van der Waals surface area contributed by atoms with Gasteiger partial charge in [-0.2, -0.15) is 5.10 Å². The van der Waals surface area contributed by atoms with Gasteiger partial charge in [0.25, 0.3) is 5.91 Å². The number of hydrogen-bond donors (Lipinski definition) is 1. The van der Waals surface area contributed by atoms with Crippen molar-refractivity contribution in [2.75, 3.05) is 13.6 Å². The average Bonchev–Trinajstić information content (AvgIpc) is 3.49. The van der Waals surface area contributed by atoms with Crippen molar-refractivity contribution in [3.63, 3.8) is 0 Å². The van der Waals surface area contributed by atoms with E-state index in [1.807, 2.05) is 53.8 Å². The van der Waals surface area contributed by atoms with Crippen LogP contribution in [0, 0.1) is 6.92 Å². The quantitative estimate of drug-likeness (QED) is 0.547. The number of fused-ring (bicyclic) bond motifs is 1. The van der Waals surface area contributed by atoms with E-state index in [2.05, 4.69) is 35.6 Å². The van der Waals surface area contributed by atoms with Crippen LogP contribution in [0.1, 0.15) is 36.8 Å². The summed E-state index contributed by atoms with van der Waals surface area (Å²) in [6.45, 7) is 7.24. The first-order valence-corrected chi connectivity index (χ1v) is 12.1. The van der Waals surface area contributed by atoms with Crippen LogP contribution in [-0.4, -0.2) is 39.8 Å². The number of allylic oxidation sites excluding steroid dienone is 1.